The van der Waals surface area contributed by atoms with E-state index in [1.165, 1.54) is 16.6 Å². The average Bonchev–Trinajstić information content (AvgIpc) is 3.04. The molecule has 2 unspecified atom stereocenters. The van der Waals surface area contributed by atoms with E-state index < -0.39 is 0 Å². The van der Waals surface area contributed by atoms with E-state index in [-0.39, 0.29) is 11.2 Å². The Morgan fingerprint density at radius 3 is 2.70 bits per heavy atom. The number of nitrogens with zero attached hydrogens (tertiary/aromatic N) is 2. The molecule has 2 heterocycles. The van der Waals surface area contributed by atoms with Gasteiger partial charge in [0.05, 0.1) is 25.2 Å². The monoisotopic (exact) mass is 305 g/mol. The standard InChI is InChI=1S/C20H21N2O/c1-14(23)15-4-5-17-11-18(7-6-16(17)10-15)20(2)8-9-22(3)13-21-12-19(20)22/h4-7,10-13H,8-9H2,1-3H3/q+1. The Balaban J connectivity index is 1.81. The summed E-state index contributed by atoms with van der Waals surface area (Å²) in [6.45, 7) is 5.02. The fourth-order valence-corrected chi connectivity index (χ4v) is 4.01. The molecule has 0 aliphatic carbocycles. The SMILES string of the molecule is CC(=O)c1ccc2cc(C3(C)CC[N+]4(C)C=NC=C34)ccc2c1. The molecule has 4 rings (SSSR count). The molecule has 0 saturated carbocycles. The Hall–Kier alpha value is -2.26. The first kappa shape index (κ1) is 14.3. The van der Waals surface area contributed by atoms with Crippen LogP contribution < -0.4 is 0 Å². The van der Waals surface area contributed by atoms with E-state index in [0.717, 1.165) is 28.4 Å². The quantitative estimate of drug-likeness (QED) is 0.608. The molecule has 116 valence electrons. The van der Waals surface area contributed by atoms with Crippen LogP contribution in [0.3, 0.4) is 0 Å². The topological polar surface area (TPSA) is 29.4 Å². The summed E-state index contributed by atoms with van der Waals surface area (Å²) in [7, 11) is 2.23. The van der Waals surface area contributed by atoms with E-state index in [2.05, 4.69) is 43.2 Å². The molecule has 2 aromatic carbocycles. The molecule has 0 aromatic heterocycles. The average molecular weight is 305 g/mol. The maximum Gasteiger partial charge on any atom is 0.194 e. The predicted molar refractivity (Wildman–Crippen MR) is 93.5 cm³/mol. The van der Waals surface area contributed by atoms with Crippen molar-refractivity contribution in [2.45, 2.75) is 25.7 Å². The molecule has 0 spiro atoms. The second-order valence-electron chi connectivity index (χ2n) is 7.19. The lowest BCUT2D eigenvalue weighted by Gasteiger charge is -2.27. The molecular weight excluding hydrogens is 284 g/mol. The highest BCUT2D eigenvalue weighted by molar-refractivity contribution is 5.98. The van der Waals surface area contributed by atoms with Crippen LogP contribution in [0.4, 0.5) is 0 Å². The Bertz CT molecular complexity index is 896. The minimum atomic E-state index is 0.0265. The number of aliphatic imine (C=N–C) groups is 1. The molecule has 2 aliphatic heterocycles. The first-order valence-corrected chi connectivity index (χ1v) is 8.08. The lowest BCUT2D eigenvalue weighted by Crippen LogP contribution is -2.38. The van der Waals surface area contributed by atoms with Crippen LogP contribution in [-0.2, 0) is 5.41 Å². The van der Waals surface area contributed by atoms with Gasteiger partial charge in [0, 0.05) is 12.0 Å². The number of hydrogen-bond acceptors (Lipinski definition) is 2. The molecule has 1 saturated heterocycles. The summed E-state index contributed by atoms with van der Waals surface area (Å²) in [5, 5.41) is 2.31. The van der Waals surface area contributed by atoms with Gasteiger partial charge in [-0.15, -0.1) is 0 Å². The van der Waals surface area contributed by atoms with Crippen LogP contribution in [0.15, 0.2) is 53.3 Å². The highest BCUT2D eigenvalue weighted by Crippen LogP contribution is 2.47. The number of ketones is 1. The first-order valence-electron chi connectivity index (χ1n) is 8.08. The first-order chi connectivity index (χ1) is 10.9. The van der Waals surface area contributed by atoms with Crippen molar-refractivity contribution >= 4 is 22.9 Å². The van der Waals surface area contributed by atoms with E-state index in [1.807, 2.05) is 24.7 Å². The number of allylic oxidation sites excluding steroid dienone is 1. The highest BCUT2D eigenvalue weighted by atomic mass is 16.1. The summed E-state index contributed by atoms with van der Waals surface area (Å²) >= 11 is 0. The summed E-state index contributed by atoms with van der Waals surface area (Å²) in [6.07, 6.45) is 5.20. The van der Waals surface area contributed by atoms with Crippen molar-refractivity contribution in [2.24, 2.45) is 4.99 Å². The van der Waals surface area contributed by atoms with Crippen LogP contribution in [0.1, 0.15) is 36.2 Å². The van der Waals surface area contributed by atoms with Gasteiger partial charge < -0.3 is 0 Å². The molecule has 0 amide bonds. The van der Waals surface area contributed by atoms with Gasteiger partial charge >= 0.3 is 0 Å². The second-order valence-corrected chi connectivity index (χ2v) is 7.19. The smallest absolute Gasteiger partial charge is 0.194 e. The maximum atomic E-state index is 11.6. The fraction of sp³-hybridized carbons (Fsp3) is 0.300. The number of rotatable bonds is 2. The molecule has 2 aromatic rings. The molecule has 0 radical (unpaired) electrons. The van der Waals surface area contributed by atoms with Gasteiger partial charge in [-0.2, -0.15) is 0 Å². The molecule has 1 fully saturated rings. The van der Waals surface area contributed by atoms with Crippen LogP contribution in [0.2, 0.25) is 0 Å². The van der Waals surface area contributed by atoms with E-state index in [9.17, 15) is 4.79 Å². The lowest BCUT2D eigenvalue weighted by molar-refractivity contribution is -0.761. The van der Waals surface area contributed by atoms with Gasteiger partial charge in [-0.25, -0.2) is 4.99 Å². The molecule has 3 heteroatoms. The number of carbonyl (C=O) groups excluding carboxylic acids is 1. The molecule has 0 N–H and O–H groups in total. The van der Waals surface area contributed by atoms with Crippen molar-refractivity contribution < 1.29 is 9.28 Å². The Labute approximate surface area is 136 Å². The van der Waals surface area contributed by atoms with E-state index in [1.54, 1.807) is 6.92 Å². The van der Waals surface area contributed by atoms with Gasteiger partial charge in [0.25, 0.3) is 0 Å². The Morgan fingerprint density at radius 1 is 1.17 bits per heavy atom. The Kier molecular flexibility index (Phi) is 2.88. The minimum absolute atomic E-state index is 0.0265. The maximum absolute atomic E-state index is 11.6. The number of benzene rings is 2. The molecule has 2 aliphatic rings. The molecular formula is C20H21N2O+. The number of carbonyl (C=O) groups is 1. The van der Waals surface area contributed by atoms with Crippen LogP contribution in [-0.4, -0.2) is 30.2 Å². The fourth-order valence-electron chi connectivity index (χ4n) is 4.01. The van der Waals surface area contributed by atoms with Crippen molar-refractivity contribution in [3.05, 3.63) is 59.4 Å². The summed E-state index contributed by atoms with van der Waals surface area (Å²) in [5.41, 5.74) is 3.50. The van der Waals surface area contributed by atoms with Crippen LogP contribution in [0, 0.1) is 0 Å². The largest absolute Gasteiger partial charge is 0.295 e. The van der Waals surface area contributed by atoms with Crippen molar-refractivity contribution in [2.75, 3.05) is 13.6 Å². The number of quaternary nitrogens is 1. The Morgan fingerprint density at radius 2 is 1.91 bits per heavy atom. The highest BCUT2D eigenvalue weighted by Gasteiger charge is 2.51. The minimum Gasteiger partial charge on any atom is -0.295 e. The van der Waals surface area contributed by atoms with Crippen molar-refractivity contribution in [1.82, 2.24) is 0 Å². The van der Waals surface area contributed by atoms with E-state index >= 15 is 0 Å². The van der Waals surface area contributed by atoms with Crippen LogP contribution in [0.5, 0.6) is 0 Å². The summed E-state index contributed by atoms with van der Waals surface area (Å²) in [6, 6.07) is 12.6. The number of Topliss-reactive ketones (excluding diaryl/α,β-unsaturated/α-hetero) is 1. The third kappa shape index (κ3) is 2.00. The van der Waals surface area contributed by atoms with Gasteiger partial charge in [0.15, 0.2) is 12.1 Å². The lowest BCUT2D eigenvalue weighted by atomic mass is 9.78. The van der Waals surface area contributed by atoms with E-state index in [4.69, 9.17) is 0 Å². The van der Waals surface area contributed by atoms with E-state index in [0.29, 0.717) is 0 Å². The van der Waals surface area contributed by atoms with Crippen LogP contribution >= 0.6 is 0 Å². The van der Waals surface area contributed by atoms with Gasteiger partial charge in [0.2, 0.25) is 0 Å². The molecule has 2 atom stereocenters. The number of hydrogen-bond donors (Lipinski definition) is 0. The molecule has 23 heavy (non-hydrogen) atoms. The number of likely N-dealkylation sites (N-methyl/N-ethyl adjacent to an activating group) is 1. The predicted octanol–water partition coefficient (Wildman–Crippen LogP) is 4.03. The van der Waals surface area contributed by atoms with Crippen molar-refractivity contribution in [1.29, 1.82) is 0 Å². The second kappa shape index (κ2) is 4.62. The van der Waals surface area contributed by atoms with Gasteiger partial charge in [-0.1, -0.05) is 30.3 Å². The van der Waals surface area contributed by atoms with Gasteiger partial charge in [-0.05, 0) is 36.2 Å². The number of fused-ring (bicyclic) bond motifs is 2. The zero-order chi connectivity index (χ0) is 16.2. The third-order valence-corrected chi connectivity index (χ3v) is 5.59. The van der Waals surface area contributed by atoms with Gasteiger partial charge in [-0.3, -0.25) is 9.28 Å². The third-order valence-electron chi connectivity index (χ3n) is 5.59. The zero-order valence-electron chi connectivity index (χ0n) is 13.8. The zero-order valence-corrected chi connectivity index (χ0v) is 13.8. The van der Waals surface area contributed by atoms with Crippen molar-refractivity contribution in [3.8, 4) is 0 Å². The molecule has 3 nitrogen and oxygen atoms in total. The van der Waals surface area contributed by atoms with Crippen LogP contribution in [0.25, 0.3) is 10.8 Å². The van der Waals surface area contributed by atoms with Gasteiger partial charge in [0.1, 0.15) is 5.70 Å². The molecule has 0 bridgehead atoms. The van der Waals surface area contributed by atoms with Crippen molar-refractivity contribution in [3.63, 3.8) is 0 Å². The summed E-state index contributed by atoms with van der Waals surface area (Å²) in [5.74, 6) is 0.111. The normalized spacial score (nSPS) is 28.9. The summed E-state index contributed by atoms with van der Waals surface area (Å²) in [4.78, 5) is 16.0. The summed E-state index contributed by atoms with van der Waals surface area (Å²) < 4.78 is 0.831.